The molecule has 0 aromatic heterocycles. The lowest BCUT2D eigenvalue weighted by atomic mass is 9.86. The van der Waals surface area contributed by atoms with E-state index in [1.54, 1.807) is 12.2 Å². The number of hydrogen-bond acceptors (Lipinski definition) is 5. The van der Waals surface area contributed by atoms with E-state index >= 15 is 4.39 Å². The number of benzene rings is 1. The summed E-state index contributed by atoms with van der Waals surface area (Å²) < 4.78 is 34.4. The number of halogens is 1. The molecule has 8 heteroatoms. The minimum Gasteiger partial charge on any atom is -0.367 e. The Morgan fingerprint density at radius 3 is 2.81 bits per heavy atom. The van der Waals surface area contributed by atoms with Crippen LogP contribution in [0.25, 0.3) is 5.57 Å². The van der Waals surface area contributed by atoms with Crippen LogP contribution in [0.1, 0.15) is 18.4 Å². The monoisotopic (exact) mass is 445 g/mol. The van der Waals surface area contributed by atoms with Gasteiger partial charge in [0.05, 0.1) is 18.4 Å². The van der Waals surface area contributed by atoms with Crippen molar-refractivity contribution < 1.29 is 18.5 Å². The first-order valence-electron chi connectivity index (χ1n) is 10.4. The molecule has 31 heavy (non-hydrogen) atoms. The van der Waals surface area contributed by atoms with E-state index < -0.39 is 36.5 Å². The lowest BCUT2D eigenvalue weighted by Gasteiger charge is -2.40. The van der Waals surface area contributed by atoms with E-state index in [9.17, 15) is 14.6 Å². The first-order valence-corrected chi connectivity index (χ1v) is 13.0. The summed E-state index contributed by atoms with van der Waals surface area (Å²) >= 11 is 0. The summed E-state index contributed by atoms with van der Waals surface area (Å²) in [5.41, 5.74) is 1.56. The normalized spacial score (nSPS) is 27.5. The van der Waals surface area contributed by atoms with Crippen molar-refractivity contribution >= 4 is 18.6 Å². The van der Waals surface area contributed by atoms with Gasteiger partial charge in [0.2, 0.25) is 0 Å². The number of hydrogen-bond donors (Lipinski definition) is 2. The van der Waals surface area contributed by atoms with Crippen LogP contribution in [-0.2, 0) is 14.1 Å². The number of allylic oxidation sites excluding steroid dienone is 4. The van der Waals surface area contributed by atoms with Gasteiger partial charge in [0.25, 0.3) is 5.91 Å². The fourth-order valence-electron chi connectivity index (χ4n) is 3.99. The van der Waals surface area contributed by atoms with Gasteiger partial charge >= 0.3 is 0 Å². The third-order valence-corrected chi connectivity index (χ3v) is 8.49. The quantitative estimate of drug-likeness (QED) is 0.657. The van der Waals surface area contributed by atoms with E-state index in [4.69, 9.17) is 4.74 Å². The third kappa shape index (κ3) is 5.33. The number of carbonyl (C=O) groups excluding carboxylic acids is 1. The van der Waals surface area contributed by atoms with Crippen molar-refractivity contribution in [2.75, 3.05) is 33.0 Å². The van der Waals surface area contributed by atoms with Gasteiger partial charge in [-0.05, 0) is 43.5 Å². The Kier molecular flexibility index (Phi) is 7.48. The number of carbonyl (C=O) groups is 1. The van der Waals surface area contributed by atoms with Gasteiger partial charge in [-0.1, -0.05) is 42.5 Å². The molecule has 1 aromatic rings. The largest absolute Gasteiger partial charge is 0.367 e. The highest BCUT2D eigenvalue weighted by atomic mass is 31.2. The van der Waals surface area contributed by atoms with Gasteiger partial charge in [0.15, 0.2) is 0 Å². The molecular weight excluding hydrogens is 416 g/mol. The van der Waals surface area contributed by atoms with Crippen LogP contribution in [0, 0.1) is 11.3 Å². The minimum atomic E-state index is -3.05. The molecule has 1 aliphatic carbocycles. The summed E-state index contributed by atoms with van der Waals surface area (Å²) in [5, 5.41) is 14.1. The number of nitriles is 1. The Labute approximate surface area is 182 Å². The molecule has 2 aliphatic rings. The Morgan fingerprint density at radius 2 is 2.16 bits per heavy atom. The average molecular weight is 445 g/mol. The van der Waals surface area contributed by atoms with Crippen molar-refractivity contribution in [2.24, 2.45) is 0 Å². The summed E-state index contributed by atoms with van der Waals surface area (Å²) in [6.45, 7) is 4.62. The predicted molar refractivity (Wildman–Crippen MR) is 120 cm³/mol. The van der Waals surface area contributed by atoms with Crippen molar-refractivity contribution in [3.05, 3.63) is 54.1 Å². The molecule has 1 fully saturated rings. The van der Waals surface area contributed by atoms with Crippen LogP contribution >= 0.6 is 7.14 Å². The van der Waals surface area contributed by atoms with Crippen LogP contribution in [0.4, 0.5) is 4.39 Å². The van der Waals surface area contributed by atoms with Crippen molar-refractivity contribution in [2.45, 2.75) is 36.3 Å². The minimum absolute atomic E-state index is 0.0874. The summed E-state index contributed by atoms with van der Waals surface area (Å²) in [5.74, 6) is -0.422. The Morgan fingerprint density at radius 1 is 1.42 bits per heavy atom. The SMILES string of the molecule is CP(C)(=O)C1(CC(C#N)NC(=O)[C@@H]2CNCCCO2)C=CC(c2ccccc2)=CC1F. The van der Waals surface area contributed by atoms with Crippen LogP contribution in [0.2, 0.25) is 0 Å². The number of ether oxygens (including phenoxy) is 1. The van der Waals surface area contributed by atoms with E-state index in [0.29, 0.717) is 18.7 Å². The Hall–Kier alpha value is -2.26. The van der Waals surface area contributed by atoms with E-state index in [1.165, 1.54) is 19.4 Å². The van der Waals surface area contributed by atoms with Crippen molar-refractivity contribution in [3.8, 4) is 6.07 Å². The molecule has 1 saturated heterocycles. The number of amides is 1. The lowest BCUT2D eigenvalue weighted by molar-refractivity contribution is -0.132. The van der Waals surface area contributed by atoms with Gasteiger partial charge in [-0.15, -0.1) is 0 Å². The highest BCUT2D eigenvalue weighted by molar-refractivity contribution is 7.64. The second-order valence-corrected chi connectivity index (χ2v) is 11.9. The van der Waals surface area contributed by atoms with Crippen LogP contribution in [0.15, 0.2) is 48.6 Å². The zero-order valence-electron chi connectivity index (χ0n) is 17.9. The van der Waals surface area contributed by atoms with Crippen LogP contribution < -0.4 is 10.6 Å². The Balaban J connectivity index is 1.80. The van der Waals surface area contributed by atoms with Gasteiger partial charge < -0.3 is 19.9 Å². The molecule has 0 radical (unpaired) electrons. The molecule has 1 heterocycles. The van der Waals surface area contributed by atoms with Gasteiger partial charge in [0, 0.05) is 19.6 Å². The lowest BCUT2D eigenvalue weighted by Crippen LogP contribution is -2.49. The molecule has 0 spiro atoms. The average Bonchev–Trinajstić information content (AvgIpc) is 3.04. The predicted octanol–water partition coefficient (Wildman–Crippen LogP) is 3.12. The van der Waals surface area contributed by atoms with Crippen molar-refractivity contribution in [1.82, 2.24) is 10.6 Å². The molecule has 1 aromatic carbocycles. The maximum atomic E-state index is 15.6. The topological polar surface area (TPSA) is 91.2 Å². The maximum Gasteiger partial charge on any atom is 0.251 e. The first kappa shape index (κ1) is 23.4. The molecule has 0 bridgehead atoms. The zero-order chi connectivity index (χ0) is 22.5. The van der Waals surface area contributed by atoms with Crippen molar-refractivity contribution in [1.29, 1.82) is 5.26 Å². The number of alkyl halides is 1. The summed E-state index contributed by atoms with van der Waals surface area (Å²) in [7, 11) is -3.05. The molecule has 1 aliphatic heterocycles. The number of rotatable bonds is 6. The number of nitrogens with one attached hydrogen (secondary N) is 2. The van der Waals surface area contributed by atoms with Gasteiger partial charge in [-0.25, -0.2) is 4.39 Å². The fraction of sp³-hybridized carbons (Fsp3) is 0.478. The highest BCUT2D eigenvalue weighted by Gasteiger charge is 2.49. The van der Waals surface area contributed by atoms with E-state index in [1.807, 2.05) is 36.4 Å². The Bertz CT molecular complexity index is 929. The molecule has 166 valence electrons. The standard InChI is InChI=1S/C23H29FN3O3P/c1-31(2,29)23(10-9-18(13-21(23)24)17-7-4-3-5-8-17)14-19(15-25)27-22(28)20-16-26-11-6-12-30-20/h3-5,7-10,13,19-21,26H,6,11-12,14,16H2,1-2H3,(H,27,28)/t19?,20-,21?,23?/m0/s1. The fourth-order valence-corrected chi connectivity index (χ4v) is 5.71. The summed E-state index contributed by atoms with van der Waals surface area (Å²) in [4.78, 5) is 12.6. The van der Waals surface area contributed by atoms with Crippen LogP contribution in [0.5, 0.6) is 0 Å². The third-order valence-electron chi connectivity index (χ3n) is 5.91. The molecular formula is C23H29FN3O3P. The number of nitrogens with zero attached hydrogens (tertiary/aromatic N) is 1. The second kappa shape index (κ2) is 9.91. The van der Waals surface area contributed by atoms with Crippen LogP contribution in [0.3, 0.4) is 0 Å². The van der Waals surface area contributed by atoms with Gasteiger partial charge in [-0.2, -0.15) is 5.26 Å². The molecule has 6 nitrogen and oxygen atoms in total. The maximum absolute atomic E-state index is 15.6. The molecule has 1 amide bonds. The van der Waals surface area contributed by atoms with Gasteiger partial charge in [0.1, 0.15) is 18.3 Å². The molecule has 3 unspecified atom stereocenters. The van der Waals surface area contributed by atoms with E-state index in [-0.39, 0.29) is 6.42 Å². The molecule has 2 N–H and O–H groups in total. The first-order chi connectivity index (χ1) is 14.8. The summed E-state index contributed by atoms with van der Waals surface area (Å²) in [6, 6.07) is 10.4. The zero-order valence-corrected chi connectivity index (χ0v) is 18.8. The van der Waals surface area contributed by atoms with E-state index in [2.05, 4.69) is 10.6 Å². The molecule has 0 saturated carbocycles. The summed E-state index contributed by atoms with van der Waals surface area (Å²) in [6.07, 6.45) is 3.29. The van der Waals surface area contributed by atoms with Crippen LogP contribution in [-0.4, -0.2) is 62.4 Å². The highest BCUT2D eigenvalue weighted by Crippen LogP contribution is 2.59. The van der Waals surface area contributed by atoms with Gasteiger partial charge in [-0.3, -0.25) is 4.79 Å². The van der Waals surface area contributed by atoms with Crippen molar-refractivity contribution in [3.63, 3.8) is 0 Å². The second-order valence-electron chi connectivity index (χ2n) is 8.38. The smallest absolute Gasteiger partial charge is 0.251 e. The molecule has 4 atom stereocenters. The molecule has 3 rings (SSSR count). The van der Waals surface area contributed by atoms with E-state index in [0.717, 1.165) is 18.5 Å².